The second-order valence-corrected chi connectivity index (χ2v) is 15.6. The first-order valence-electron chi connectivity index (χ1n) is 17.3. The zero-order valence-electron chi connectivity index (χ0n) is 27.4. The van der Waals surface area contributed by atoms with E-state index >= 15 is 0 Å². The standard InChI is InChI=1S/C45H31N3OS2/c1-2-9-26(10-3-1)43-46-44(48-45(47-43)29-17-20-33-32-12-5-7-16-38(32)51-41(33)25-29)28-19-22-40-36(24-28)35-23-27(18-21-39(35)50-40)30-13-8-14-34-31-11-4-6-15-37(31)49-42(30)34/h1-25,43-48H. The number of nitrogens with one attached hydrogen (secondary N) is 3. The Balaban J connectivity index is 1.00. The van der Waals surface area contributed by atoms with E-state index in [0.29, 0.717) is 0 Å². The summed E-state index contributed by atoms with van der Waals surface area (Å²) in [6, 6.07) is 54.9. The summed E-state index contributed by atoms with van der Waals surface area (Å²) in [4.78, 5) is 0. The van der Waals surface area contributed by atoms with Crippen molar-refractivity contribution in [2.24, 2.45) is 0 Å². The molecule has 51 heavy (non-hydrogen) atoms. The van der Waals surface area contributed by atoms with E-state index in [1.54, 1.807) is 0 Å². The van der Waals surface area contributed by atoms with Crippen LogP contribution in [0.3, 0.4) is 0 Å². The zero-order valence-corrected chi connectivity index (χ0v) is 29.0. The summed E-state index contributed by atoms with van der Waals surface area (Å²) in [5, 5.41) is 19.2. The SMILES string of the molecule is c1ccc(C2NC(c3ccc4c(c3)sc3ccccc34)NC(c3ccc4sc5ccc(-c6cccc7c6oc6ccccc67)cc5c4c3)N2)cc1. The quantitative estimate of drug-likeness (QED) is 0.172. The van der Waals surface area contributed by atoms with Crippen molar-refractivity contribution >= 4 is 85.0 Å². The fourth-order valence-corrected chi connectivity index (χ4v) is 10.1. The Morgan fingerprint density at radius 1 is 0.392 bits per heavy atom. The van der Waals surface area contributed by atoms with Crippen molar-refractivity contribution in [1.29, 1.82) is 0 Å². The van der Waals surface area contributed by atoms with Gasteiger partial charge in [0, 0.05) is 56.7 Å². The van der Waals surface area contributed by atoms with Crippen LogP contribution in [0.25, 0.3) is 73.4 Å². The summed E-state index contributed by atoms with van der Waals surface area (Å²) in [6.07, 6.45) is -0.167. The van der Waals surface area contributed by atoms with Crippen LogP contribution in [0.4, 0.5) is 0 Å². The van der Waals surface area contributed by atoms with Crippen LogP contribution in [-0.2, 0) is 0 Å². The summed E-state index contributed by atoms with van der Waals surface area (Å²) in [5.41, 5.74) is 7.79. The van der Waals surface area contributed by atoms with Gasteiger partial charge >= 0.3 is 0 Å². The Labute approximate surface area is 302 Å². The van der Waals surface area contributed by atoms with E-state index in [-0.39, 0.29) is 18.5 Å². The molecule has 0 aliphatic carbocycles. The second-order valence-electron chi connectivity index (χ2n) is 13.4. The highest BCUT2D eigenvalue weighted by Gasteiger charge is 2.30. The van der Waals surface area contributed by atoms with Gasteiger partial charge in [0.1, 0.15) is 11.2 Å². The molecule has 3 unspecified atom stereocenters. The lowest BCUT2D eigenvalue weighted by molar-refractivity contribution is 0.203. The van der Waals surface area contributed by atoms with Crippen molar-refractivity contribution in [3.8, 4) is 11.1 Å². The van der Waals surface area contributed by atoms with Crippen LogP contribution in [0.2, 0.25) is 0 Å². The van der Waals surface area contributed by atoms with E-state index in [9.17, 15) is 0 Å². The zero-order chi connectivity index (χ0) is 33.5. The lowest BCUT2D eigenvalue weighted by atomic mass is 9.99. The number of furan rings is 1. The average Bonchev–Trinajstić information content (AvgIpc) is 3.88. The Kier molecular flexibility index (Phi) is 6.69. The molecule has 0 bridgehead atoms. The topological polar surface area (TPSA) is 49.2 Å². The fraction of sp³-hybridized carbons (Fsp3) is 0.0667. The number of thiophene rings is 2. The molecule has 0 amide bonds. The van der Waals surface area contributed by atoms with Gasteiger partial charge < -0.3 is 4.42 Å². The third kappa shape index (κ3) is 4.83. The minimum absolute atomic E-state index is 0.0358. The Morgan fingerprint density at radius 3 is 1.86 bits per heavy atom. The molecule has 0 saturated carbocycles. The molecular formula is C45H31N3OS2. The van der Waals surface area contributed by atoms with Crippen molar-refractivity contribution in [1.82, 2.24) is 16.0 Å². The summed E-state index contributed by atoms with van der Waals surface area (Å²) < 4.78 is 11.6. The van der Waals surface area contributed by atoms with Crippen molar-refractivity contribution in [2.75, 3.05) is 0 Å². The Hall–Kier alpha value is -5.34. The van der Waals surface area contributed by atoms with Gasteiger partial charge in [-0.05, 0) is 64.7 Å². The van der Waals surface area contributed by atoms with Crippen LogP contribution < -0.4 is 16.0 Å². The molecule has 0 radical (unpaired) electrons. The summed E-state index contributed by atoms with van der Waals surface area (Å²) >= 11 is 3.71. The van der Waals surface area contributed by atoms with Crippen LogP contribution in [0.5, 0.6) is 0 Å². The molecule has 1 fully saturated rings. The van der Waals surface area contributed by atoms with E-state index in [1.165, 1.54) is 57.0 Å². The van der Waals surface area contributed by atoms with E-state index in [1.807, 2.05) is 34.8 Å². The maximum atomic E-state index is 6.43. The van der Waals surface area contributed by atoms with E-state index < -0.39 is 0 Å². The fourth-order valence-electron chi connectivity index (χ4n) is 7.91. The molecule has 0 spiro atoms. The normalized spacial score (nSPS) is 18.2. The molecule has 244 valence electrons. The van der Waals surface area contributed by atoms with Crippen LogP contribution in [-0.4, -0.2) is 0 Å². The molecule has 4 heterocycles. The molecule has 3 aromatic heterocycles. The predicted octanol–water partition coefficient (Wildman–Crippen LogP) is 12.2. The minimum Gasteiger partial charge on any atom is -0.455 e. The molecule has 1 saturated heterocycles. The molecule has 10 aromatic rings. The largest absolute Gasteiger partial charge is 0.455 e. The molecule has 1 aliphatic heterocycles. The van der Waals surface area contributed by atoms with Crippen molar-refractivity contribution in [3.05, 3.63) is 168 Å². The van der Waals surface area contributed by atoms with E-state index in [2.05, 4.69) is 155 Å². The number of fused-ring (bicyclic) bond motifs is 9. The van der Waals surface area contributed by atoms with Crippen LogP contribution in [0.1, 0.15) is 35.2 Å². The minimum atomic E-state index is -0.0774. The van der Waals surface area contributed by atoms with E-state index in [4.69, 9.17) is 4.42 Å². The molecule has 6 heteroatoms. The summed E-state index contributed by atoms with van der Waals surface area (Å²) in [6.45, 7) is 0. The Bertz CT molecular complexity index is 2940. The maximum absolute atomic E-state index is 6.43. The molecule has 3 atom stereocenters. The predicted molar refractivity (Wildman–Crippen MR) is 215 cm³/mol. The van der Waals surface area contributed by atoms with Crippen LogP contribution in [0, 0.1) is 0 Å². The van der Waals surface area contributed by atoms with Crippen molar-refractivity contribution < 1.29 is 4.42 Å². The highest BCUT2D eigenvalue weighted by Crippen LogP contribution is 2.41. The van der Waals surface area contributed by atoms with Gasteiger partial charge in [-0.15, -0.1) is 22.7 Å². The average molecular weight is 694 g/mol. The van der Waals surface area contributed by atoms with Crippen LogP contribution in [0.15, 0.2) is 156 Å². The van der Waals surface area contributed by atoms with Gasteiger partial charge in [-0.1, -0.05) is 109 Å². The van der Waals surface area contributed by atoms with E-state index in [0.717, 1.165) is 33.1 Å². The number of hydrogen-bond donors (Lipinski definition) is 3. The number of rotatable bonds is 4. The molecule has 4 nitrogen and oxygen atoms in total. The van der Waals surface area contributed by atoms with Gasteiger partial charge in [0.2, 0.25) is 0 Å². The number of para-hydroxylation sites is 2. The van der Waals surface area contributed by atoms with Crippen molar-refractivity contribution in [3.63, 3.8) is 0 Å². The first kappa shape index (κ1) is 29.4. The van der Waals surface area contributed by atoms with Gasteiger partial charge in [-0.25, -0.2) is 0 Å². The van der Waals surface area contributed by atoms with Gasteiger partial charge in [0.05, 0.1) is 18.5 Å². The molecular weight excluding hydrogens is 663 g/mol. The van der Waals surface area contributed by atoms with Gasteiger partial charge in [-0.2, -0.15) is 0 Å². The highest BCUT2D eigenvalue weighted by molar-refractivity contribution is 7.26. The monoisotopic (exact) mass is 693 g/mol. The van der Waals surface area contributed by atoms with Gasteiger partial charge in [0.15, 0.2) is 0 Å². The van der Waals surface area contributed by atoms with Crippen LogP contribution >= 0.6 is 22.7 Å². The lowest BCUT2D eigenvalue weighted by Gasteiger charge is -2.39. The number of hydrogen-bond acceptors (Lipinski definition) is 6. The van der Waals surface area contributed by atoms with Crippen molar-refractivity contribution in [2.45, 2.75) is 18.5 Å². The lowest BCUT2D eigenvalue weighted by Crippen LogP contribution is -2.54. The molecule has 3 N–H and O–H groups in total. The summed E-state index contributed by atoms with van der Waals surface area (Å²) in [5.74, 6) is 0. The third-order valence-corrected chi connectivity index (χ3v) is 12.7. The Morgan fingerprint density at radius 2 is 1.00 bits per heavy atom. The van der Waals surface area contributed by atoms with Gasteiger partial charge in [-0.3, -0.25) is 16.0 Å². The van der Waals surface area contributed by atoms with Gasteiger partial charge in [0.25, 0.3) is 0 Å². The first-order valence-corrected chi connectivity index (χ1v) is 19.0. The third-order valence-electron chi connectivity index (χ3n) is 10.4. The molecule has 11 rings (SSSR count). The molecule has 7 aromatic carbocycles. The molecule has 1 aliphatic rings. The smallest absolute Gasteiger partial charge is 0.143 e. The number of benzene rings is 7. The first-order chi connectivity index (χ1) is 25.2. The maximum Gasteiger partial charge on any atom is 0.143 e. The summed E-state index contributed by atoms with van der Waals surface area (Å²) in [7, 11) is 0. The highest BCUT2D eigenvalue weighted by atomic mass is 32.1. The second kappa shape index (κ2) is 11.6.